The Labute approximate surface area is 98.3 Å². The number of hydrogen-bond acceptors (Lipinski definition) is 1. The van der Waals surface area contributed by atoms with Crippen LogP contribution in [0.25, 0.3) is 5.57 Å². The zero-order valence-corrected chi connectivity index (χ0v) is 10.5. The fraction of sp³-hybridized carbons (Fsp3) is 0.308. The molecule has 0 aliphatic heterocycles. The molecule has 1 nitrogen and oxygen atoms in total. The first-order valence-corrected chi connectivity index (χ1v) is 6.15. The minimum absolute atomic E-state index is 0.211. The van der Waals surface area contributed by atoms with Gasteiger partial charge in [-0.2, -0.15) is 0 Å². The van der Waals surface area contributed by atoms with Crippen molar-refractivity contribution in [3.8, 4) is 0 Å². The van der Waals surface area contributed by atoms with Crippen molar-refractivity contribution in [1.82, 2.24) is 0 Å². The predicted molar refractivity (Wildman–Crippen MR) is 66.3 cm³/mol. The Morgan fingerprint density at radius 3 is 2.73 bits per heavy atom. The Bertz CT molecular complexity index is 458. The van der Waals surface area contributed by atoms with Crippen molar-refractivity contribution < 1.29 is 4.79 Å². The molecule has 78 valence electrons. The lowest BCUT2D eigenvalue weighted by Gasteiger charge is -2.03. The summed E-state index contributed by atoms with van der Waals surface area (Å²) in [5, 5.41) is 0.423. The van der Waals surface area contributed by atoms with Crippen LogP contribution in [0.1, 0.15) is 23.6 Å². The molecule has 2 rings (SSSR count). The standard InChI is InChI=1S/C13H13BrO/c1-8-4-3-5-10-9(2)12(6-11(8)10)13(15)7-14/h3-5H,6-7H2,1-2H3. The van der Waals surface area contributed by atoms with Gasteiger partial charge in [0.25, 0.3) is 0 Å². The van der Waals surface area contributed by atoms with E-state index in [2.05, 4.69) is 41.1 Å². The SMILES string of the molecule is CC1=C(C(=O)CBr)Cc2c(C)cccc21. The molecule has 1 aromatic rings. The van der Waals surface area contributed by atoms with Gasteiger partial charge in [-0.25, -0.2) is 0 Å². The molecule has 0 atom stereocenters. The smallest absolute Gasteiger partial charge is 0.169 e. The Balaban J connectivity index is 2.49. The molecule has 1 aromatic carbocycles. The molecule has 15 heavy (non-hydrogen) atoms. The number of aryl methyl sites for hydroxylation is 1. The highest BCUT2D eigenvalue weighted by Gasteiger charge is 2.23. The van der Waals surface area contributed by atoms with Crippen LogP contribution in [0.4, 0.5) is 0 Å². The van der Waals surface area contributed by atoms with Gasteiger partial charge in [0, 0.05) is 12.0 Å². The minimum atomic E-state index is 0.211. The summed E-state index contributed by atoms with van der Waals surface area (Å²) in [6.45, 7) is 4.15. The molecule has 2 heteroatoms. The monoisotopic (exact) mass is 264 g/mol. The van der Waals surface area contributed by atoms with Crippen LogP contribution in [0.5, 0.6) is 0 Å². The number of rotatable bonds is 2. The van der Waals surface area contributed by atoms with E-state index in [1.54, 1.807) is 0 Å². The third-order valence-electron chi connectivity index (χ3n) is 3.08. The number of Topliss-reactive ketones (excluding diaryl/α,β-unsaturated/α-hetero) is 1. The summed E-state index contributed by atoms with van der Waals surface area (Å²) in [5.41, 5.74) is 5.97. The molecule has 0 saturated heterocycles. The number of halogens is 1. The molecular formula is C13H13BrO. The Morgan fingerprint density at radius 1 is 1.40 bits per heavy atom. The van der Waals surface area contributed by atoms with Crippen molar-refractivity contribution in [1.29, 1.82) is 0 Å². The van der Waals surface area contributed by atoms with E-state index in [0.29, 0.717) is 5.33 Å². The average molecular weight is 265 g/mol. The number of carbonyl (C=O) groups excluding carboxylic acids is 1. The Kier molecular flexibility index (Phi) is 2.79. The van der Waals surface area contributed by atoms with E-state index in [1.165, 1.54) is 16.7 Å². The van der Waals surface area contributed by atoms with Gasteiger partial charge >= 0.3 is 0 Å². The number of carbonyl (C=O) groups is 1. The zero-order chi connectivity index (χ0) is 11.0. The van der Waals surface area contributed by atoms with Crippen LogP contribution in [-0.4, -0.2) is 11.1 Å². The molecule has 0 amide bonds. The third kappa shape index (κ3) is 1.67. The topological polar surface area (TPSA) is 17.1 Å². The third-order valence-corrected chi connectivity index (χ3v) is 3.59. The molecule has 0 heterocycles. The van der Waals surface area contributed by atoms with Crippen LogP contribution in [-0.2, 0) is 11.2 Å². The zero-order valence-electron chi connectivity index (χ0n) is 8.93. The second-order valence-corrected chi connectivity index (χ2v) is 4.50. The van der Waals surface area contributed by atoms with Crippen LogP contribution >= 0.6 is 15.9 Å². The molecule has 0 unspecified atom stereocenters. The molecule has 0 bridgehead atoms. The predicted octanol–water partition coefficient (Wildman–Crippen LogP) is 3.29. The van der Waals surface area contributed by atoms with E-state index in [9.17, 15) is 4.79 Å². The summed E-state index contributed by atoms with van der Waals surface area (Å²) in [5.74, 6) is 0.211. The van der Waals surface area contributed by atoms with Crippen molar-refractivity contribution in [2.24, 2.45) is 0 Å². The summed E-state index contributed by atoms with van der Waals surface area (Å²) >= 11 is 3.23. The van der Waals surface area contributed by atoms with E-state index in [0.717, 1.165) is 17.6 Å². The first-order valence-electron chi connectivity index (χ1n) is 5.03. The second-order valence-electron chi connectivity index (χ2n) is 3.94. The first kappa shape index (κ1) is 10.6. The average Bonchev–Trinajstić information content (AvgIpc) is 2.57. The van der Waals surface area contributed by atoms with E-state index < -0.39 is 0 Å². The summed E-state index contributed by atoms with van der Waals surface area (Å²) in [6.07, 6.45) is 0.804. The molecule has 0 spiro atoms. The maximum absolute atomic E-state index is 11.7. The minimum Gasteiger partial charge on any atom is -0.294 e. The van der Waals surface area contributed by atoms with Crippen LogP contribution in [0.3, 0.4) is 0 Å². The van der Waals surface area contributed by atoms with Crippen molar-refractivity contribution in [2.45, 2.75) is 20.3 Å². The van der Waals surface area contributed by atoms with E-state index in [-0.39, 0.29) is 5.78 Å². The fourth-order valence-electron chi connectivity index (χ4n) is 2.15. The molecule has 0 fully saturated rings. The van der Waals surface area contributed by atoms with Gasteiger partial charge in [-0.15, -0.1) is 0 Å². The maximum atomic E-state index is 11.7. The molecular weight excluding hydrogens is 252 g/mol. The van der Waals surface area contributed by atoms with Crippen molar-refractivity contribution in [3.05, 3.63) is 40.5 Å². The number of hydrogen-bond donors (Lipinski definition) is 0. The van der Waals surface area contributed by atoms with E-state index in [1.807, 2.05) is 6.92 Å². The normalized spacial score (nSPS) is 14.3. The maximum Gasteiger partial charge on any atom is 0.169 e. The molecule has 0 saturated carbocycles. The quantitative estimate of drug-likeness (QED) is 0.750. The van der Waals surface area contributed by atoms with E-state index >= 15 is 0 Å². The van der Waals surface area contributed by atoms with Crippen molar-refractivity contribution >= 4 is 27.3 Å². The van der Waals surface area contributed by atoms with E-state index in [4.69, 9.17) is 0 Å². The van der Waals surface area contributed by atoms with Gasteiger partial charge in [0.05, 0.1) is 5.33 Å². The van der Waals surface area contributed by atoms with Crippen LogP contribution in [0.2, 0.25) is 0 Å². The van der Waals surface area contributed by atoms with Gasteiger partial charge in [-0.3, -0.25) is 4.79 Å². The van der Waals surface area contributed by atoms with Gasteiger partial charge in [0.15, 0.2) is 5.78 Å². The second kappa shape index (κ2) is 3.93. The van der Waals surface area contributed by atoms with Crippen LogP contribution < -0.4 is 0 Å². The molecule has 0 aromatic heterocycles. The highest BCUT2D eigenvalue weighted by Crippen LogP contribution is 2.34. The van der Waals surface area contributed by atoms with Gasteiger partial charge in [-0.05, 0) is 36.1 Å². The summed E-state index contributed by atoms with van der Waals surface area (Å²) < 4.78 is 0. The Hall–Kier alpha value is -0.890. The summed E-state index contributed by atoms with van der Waals surface area (Å²) in [4.78, 5) is 11.7. The van der Waals surface area contributed by atoms with Gasteiger partial charge in [0.2, 0.25) is 0 Å². The lowest BCUT2D eigenvalue weighted by Crippen LogP contribution is -2.04. The summed E-state index contributed by atoms with van der Waals surface area (Å²) in [6, 6.07) is 6.26. The number of allylic oxidation sites excluding steroid dienone is 2. The number of fused-ring (bicyclic) bond motifs is 1. The highest BCUT2D eigenvalue weighted by molar-refractivity contribution is 9.09. The van der Waals surface area contributed by atoms with Gasteiger partial charge in [-0.1, -0.05) is 34.1 Å². The molecule has 0 radical (unpaired) electrons. The van der Waals surface area contributed by atoms with Crippen molar-refractivity contribution in [3.63, 3.8) is 0 Å². The largest absolute Gasteiger partial charge is 0.294 e. The lowest BCUT2D eigenvalue weighted by atomic mass is 10.0. The van der Waals surface area contributed by atoms with Gasteiger partial charge < -0.3 is 0 Å². The molecule has 1 aliphatic rings. The number of alkyl halides is 1. The molecule has 1 aliphatic carbocycles. The van der Waals surface area contributed by atoms with Gasteiger partial charge in [0.1, 0.15) is 0 Å². The number of ketones is 1. The van der Waals surface area contributed by atoms with Crippen LogP contribution in [0.15, 0.2) is 23.8 Å². The lowest BCUT2D eigenvalue weighted by molar-refractivity contribution is -0.113. The fourth-order valence-corrected chi connectivity index (χ4v) is 2.49. The Morgan fingerprint density at radius 2 is 2.13 bits per heavy atom. The summed E-state index contributed by atoms with van der Waals surface area (Å²) in [7, 11) is 0. The highest BCUT2D eigenvalue weighted by atomic mass is 79.9. The molecule has 0 N–H and O–H groups in total. The first-order chi connectivity index (χ1) is 7.15. The number of benzene rings is 1. The van der Waals surface area contributed by atoms with Crippen LogP contribution in [0, 0.1) is 6.92 Å². The van der Waals surface area contributed by atoms with Crippen molar-refractivity contribution in [2.75, 3.05) is 5.33 Å².